The van der Waals surface area contributed by atoms with Gasteiger partial charge in [-0.1, -0.05) is 35.9 Å². The lowest BCUT2D eigenvalue weighted by Gasteiger charge is -2.13. The van der Waals surface area contributed by atoms with Crippen LogP contribution in [0.15, 0.2) is 53.5 Å². The first-order valence-corrected chi connectivity index (χ1v) is 9.37. The van der Waals surface area contributed by atoms with Gasteiger partial charge in [-0.2, -0.15) is 0 Å². The minimum Gasteiger partial charge on any atom is -0.356 e. The summed E-state index contributed by atoms with van der Waals surface area (Å²) in [6, 6.07) is 15.6. The summed E-state index contributed by atoms with van der Waals surface area (Å²) in [5.74, 6) is 0.771. The standard InChI is InChI=1S/C21H27ClN4O/c1-23-21(24-14-4-5-16-8-12-19(22)13-9-16)25-15-17-6-10-18(11-7-17)20(27)26(2)3/h6-13H,4-5,14-15H2,1-3H3,(H2,23,24,25). The monoisotopic (exact) mass is 386 g/mol. The van der Waals surface area contributed by atoms with E-state index in [1.807, 2.05) is 36.4 Å². The molecule has 144 valence electrons. The van der Waals surface area contributed by atoms with E-state index in [1.165, 1.54) is 5.56 Å². The molecule has 0 heterocycles. The smallest absolute Gasteiger partial charge is 0.253 e. The molecule has 27 heavy (non-hydrogen) atoms. The number of rotatable bonds is 7. The fraction of sp³-hybridized carbons (Fsp3) is 0.333. The Hall–Kier alpha value is -2.53. The summed E-state index contributed by atoms with van der Waals surface area (Å²) in [6.07, 6.45) is 1.99. The highest BCUT2D eigenvalue weighted by Gasteiger charge is 2.07. The van der Waals surface area contributed by atoms with Gasteiger partial charge in [-0.15, -0.1) is 0 Å². The van der Waals surface area contributed by atoms with E-state index in [9.17, 15) is 4.79 Å². The minimum atomic E-state index is 0.00710. The van der Waals surface area contributed by atoms with E-state index in [-0.39, 0.29) is 5.91 Å². The number of aliphatic imine (C=N–C) groups is 1. The Bertz CT molecular complexity index is 755. The van der Waals surface area contributed by atoms with E-state index in [4.69, 9.17) is 11.6 Å². The summed E-state index contributed by atoms with van der Waals surface area (Å²) in [5.41, 5.74) is 3.05. The van der Waals surface area contributed by atoms with Crippen LogP contribution in [-0.4, -0.2) is 44.5 Å². The molecule has 2 aromatic carbocycles. The highest BCUT2D eigenvalue weighted by molar-refractivity contribution is 6.30. The van der Waals surface area contributed by atoms with Crippen molar-refractivity contribution >= 4 is 23.5 Å². The zero-order valence-corrected chi connectivity index (χ0v) is 16.9. The molecule has 1 amide bonds. The second-order valence-electron chi connectivity index (χ2n) is 6.48. The Balaban J connectivity index is 1.73. The maximum atomic E-state index is 11.9. The van der Waals surface area contributed by atoms with Gasteiger partial charge in [-0.25, -0.2) is 0 Å². The Kier molecular flexibility index (Phi) is 8.14. The molecule has 2 aromatic rings. The average molecular weight is 387 g/mol. The maximum Gasteiger partial charge on any atom is 0.253 e. The fourth-order valence-corrected chi connectivity index (χ4v) is 2.71. The molecule has 0 fully saturated rings. The van der Waals surface area contributed by atoms with E-state index < -0.39 is 0 Å². The molecular formula is C21H27ClN4O. The third kappa shape index (κ3) is 6.94. The molecule has 0 saturated heterocycles. The number of carbonyl (C=O) groups is 1. The molecule has 0 atom stereocenters. The number of benzene rings is 2. The number of guanidine groups is 1. The molecule has 0 unspecified atom stereocenters. The third-order valence-corrected chi connectivity index (χ3v) is 4.39. The molecule has 0 bridgehead atoms. The van der Waals surface area contributed by atoms with Crippen LogP contribution in [0.3, 0.4) is 0 Å². The van der Waals surface area contributed by atoms with Gasteiger partial charge in [0.2, 0.25) is 0 Å². The molecule has 0 aliphatic carbocycles. The van der Waals surface area contributed by atoms with Gasteiger partial charge in [-0.3, -0.25) is 9.79 Å². The van der Waals surface area contributed by atoms with Crippen LogP contribution in [-0.2, 0) is 13.0 Å². The van der Waals surface area contributed by atoms with Crippen LogP contribution in [0.5, 0.6) is 0 Å². The fourth-order valence-electron chi connectivity index (χ4n) is 2.58. The van der Waals surface area contributed by atoms with Crippen molar-refractivity contribution in [2.45, 2.75) is 19.4 Å². The molecular weight excluding hydrogens is 360 g/mol. The zero-order valence-electron chi connectivity index (χ0n) is 16.1. The predicted molar refractivity (Wildman–Crippen MR) is 112 cm³/mol. The summed E-state index contributed by atoms with van der Waals surface area (Å²) < 4.78 is 0. The first-order valence-electron chi connectivity index (χ1n) is 8.99. The van der Waals surface area contributed by atoms with Crippen LogP contribution in [0, 0.1) is 0 Å². The minimum absolute atomic E-state index is 0.00710. The van der Waals surface area contributed by atoms with E-state index in [1.54, 1.807) is 26.0 Å². The third-order valence-electron chi connectivity index (χ3n) is 4.14. The predicted octanol–water partition coefficient (Wildman–Crippen LogP) is 3.34. The average Bonchev–Trinajstić information content (AvgIpc) is 2.68. The van der Waals surface area contributed by atoms with Crippen molar-refractivity contribution in [3.63, 3.8) is 0 Å². The van der Waals surface area contributed by atoms with Crippen molar-refractivity contribution in [2.75, 3.05) is 27.7 Å². The van der Waals surface area contributed by atoms with E-state index in [0.29, 0.717) is 12.1 Å². The van der Waals surface area contributed by atoms with Gasteiger partial charge in [0.25, 0.3) is 5.91 Å². The lowest BCUT2D eigenvalue weighted by molar-refractivity contribution is 0.0827. The first-order chi connectivity index (χ1) is 13.0. The number of hydrogen-bond acceptors (Lipinski definition) is 2. The number of nitrogens with one attached hydrogen (secondary N) is 2. The van der Waals surface area contributed by atoms with Crippen molar-refractivity contribution in [1.29, 1.82) is 0 Å². The number of aryl methyl sites for hydroxylation is 1. The Morgan fingerprint density at radius 2 is 1.63 bits per heavy atom. The van der Waals surface area contributed by atoms with Crippen molar-refractivity contribution in [3.05, 3.63) is 70.2 Å². The number of carbonyl (C=O) groups excluding carboxylic acids is 1. The molecule has 0 saturated carbocycles. The molecule has 0 radical (unpaired) electrons. The van der Waals surface area contributed by atoms with Crippen LogP contribution in [0.25, 0.3) is 0 Å². The van der Waals surface area contributed by atoms with Crippen LogP contribution in [0.2, 0.25) is 5.02 Å². The molecule has 6 heteroatoms. The summed E-state index contributed by atoms with van der Waals surface area (Å²) in [4.78, 5) is 17.7. The summed E-state index contributed by atoms with van der Waals surface area (Å²) in [5, 5.41) is 7.37. The van der Waals surface area contributed by atoms with Gasteiger partial charge >= 0.3 is 0 Å². The first kappa shape index (κ1) is 20.8. The second kappa shape index (κ2) is 10.6. The molecule has 0 aromatic heterocycles. The highest BCUT2D eigenvalue weighted by Crippen LogP contribution is 2.10. The van der Waals surface area contributed by atoms with Gasteiger partial charge < -0.3 is 15.5 Å². The van der Waals surface area contributed by atoms with Gasteiger partial charge in [0.1, 0.15) is 0 Å². The SMILES string of the molecule is CN=C(NCCCc1ccc(Cl)cc1)NCc1ccc(C(=O)N(C)C)cc1. The van der Waals surface area contributed by atoms with E-state index in [2.05, 4.69) is 27.8 Å². The topological polar surface area (TPSA) is 56.7 Å². The molecule has 0 spiro atoms. The highest BCUT2D eigenvalue weighted by atomic mass is 35.5. The van der Waals surface area contributed by atoms with Crippen molar-refractivity contribution in [1.82, 2.24) is 15.5 Å². The van der Waals surface area contributed by atoms with Gasteiger partial charge in [-0.05, 0) is 48.2 Å². The normalized spacial score (nSPS) is 11.2. The molecule has 0 aliphatic rings. The van der Waals surface area contributed by atoms with Gasteiger partial charge in [0.15, 0.2) is 5.96 Å². The number of halogens is 1. The zero-order chi connectivity index (χ0) is 19.6. The van der Waals surface area contributed by atoms with Crippen LogP contribution < -0.4 is 10.6 Å². The Morgan fingerprint density at radius 3 is 2.22 bits per heavy atom. The molecule has 2 N–H and O–H groups in total. The van der Waals surface area contributed by atoms with Crippen LogP contribution in [0.4, 0.5) is 0 Å². The van der Waals surface area contributed by atoms with Crippen LogP contribution in [0.1, 0.15) is 27.9 Å². The van der Waals surface area contributed by atoms with E-state index in [0.717, 1.165) is 35.9 Å². The van der Waals surface area contributed by atoms with Crippen molar-refractivity contribution in [3.8, 4) is 0 Å². The summed E-state index contributed by atoms with van der Waals surface area (Å²) >= 11 is 5.90. The summed E-state index contributed by atoms with van der Waals surface area (Å²) in [7, 11) is 5.26. The lowest BCUT2D eigenvalue weighted by Crippen LogP contribution is -2.37. The number of nitrogens with zero attached hydrogens (tertiary/aromatic N) is 2. The molecule has 5 nitrogen and oxygen atoms in total. The largest absolute Gasteiger partial charge is 0.356 e. The number of hydrogen-bond donors (Lipinski definition) is 2. The lowest BCUT2D eigenvalue weighted by atomic mass is 10.1. The number of amides is 1. The Labute approximate surface area is 166 Å². The molecule has 0 aliphatic heterocycles. The Morgan fingerprint density at radius 1 is 1.00 bits per heavy atom. The van der Waals surface area contributed by atoms with Crippen LogP contribution >= 0.6 is 11.6 Å². The van der Waals surface area contributed by atoms with E-state index >= 15 is 0 Å². The van der Waals surface area contributed by atoms with Crippen molar-refractivity contribution < 1.29 is 4.79 Å². The van der Waals surface area contributed by atoms with Gasteiger partial charge in [0, 0.05) is 44.8 Å². The molecule has 2 rings (SSSR count). The van der Waals surface area contributed by atoms with Gasteiger partial charge in [0.05, 0.1) is 0 Å². The summed E-state index contributed by atoms with van der Waals surface area (Å²) in [6.45, 7) is 1.48. The quantitative estimate of drug-likeness (QED) is 0.436. The van der Waals surface area contributed by atoms with Crippen molar-refractivity contribution in [2.24, 2.45) is 4.99 Å². The maximum absolute atomic E-state index is 11.9. The second-order valence-corrected chi connectivity index (χ2v) is 6.92.